The van der Waals surface area contributed by atoms with Crippen LogP contribution in [-0.4, -0.2) is 10.0 Å². The Bertz CT molecular complexity index is 586. The Balaban J connectivity index is 1.82. The minimum Gasteiger partial charge on any atom is -0.291 e. The van der Waals surface area contributed by atoms with Gasteiger partial charge in [0.15, 0.2) is 0 Å². The van der Waals surface area contributed by atoms with E-state index in [-0.39, 0.29) is 5.37 Å². The van der Waals surface area contributed by atoms with Crippen molar-refractivity contribution < 1.29 is 0 Å². The maximum Gasteiger partial charge on any atom is 0.127 e. The fraction of sp³-hybridized carbons (Fsp3) is 0.0769. The van der Waals surface area contributed by atoms with Crippen LogP contribution >= 0.6 is 23.4 Å². The van der Waals surface area contributed by atoms with E-state index in [9.17, 15) is 0 Å². The van der Waals surface area contributed by atoms with Crippen LogP contribution in [0.5, 0.6) is 0 Å². The van der Waals surface area contributed by atoms with Gasteiger partial charge in [-0.2, -0.15) is 5.10 Å². The van der Waals surface area contributed by atoms with Crippen LogP contribution in [0.3, 0.4) is 0 Å². The Morgan fingerprint density at radius 3 is 2.83 bits per heavy atom. The smallest absolute Gasteiger partial charge is 0.127 e. The molecule has 0 aliphatic carbocycles. The highest BCUT2D eigenvalue weighted by molar-refractivity contribution is 8.14. The van der Waals surface area contributed by atoms with Crippen LogP contribution in [0.2, 0.25) is 5.02 Å². The Hall–Kier alpha value is -1.52. The number of nitrogens with zero attached hydrogens (tertiary/aromatic N) is 2. The second-order valence-corrected chi connectivity index (χ2v) is 5.31. The Kier molecular flexibility index (Phi) is 3.21. The van der Waals surface area contributed by atoms with Gasteiger partial charge in [-0.05, 0) is 12.1 Å². The molecule has 90 valence electrons. The standard InChI is InChI=1S/C13H10ClN3S/c14-11-6-2-1-5-10(11)13-17-16-12(18-13)9-4-3-7-15-8-9/h1-8,12,16H. The average molecular weight is 276 g/mol. The van der Waals surface area contributed by atoms with E-state index in [0.717, 1.165) is 21.2 Å². The molecule has 0 saturated carbocycles. The van der Waals surface area contributed by atoms with Gasteiger partial charge in [-0.15, -0.1) is 0 Å². The lowest BCUT2D eigenvalue weighted by Gasteiger charge is -2.08. The largest absolute Gasteiger partial charge is 0.291 e. The normalized spacial score (nSPS) is 18.3. The highest BCUT2D eigenvalue weighted by atomic mass is 35.5. The molecule has 1 aliphatic heterocycles. The maximum atomic E-state index is 6.16. The monoisotopic (exact) mass is 275 g/mol. The van der Waals surface area contributed by atoms with Gasteiger partial charge in [0.1, 0.15) is 10.4 Å². The predicted octanol–water partition coefficient (Wildman–Crippen LogP) is 3.43. The molecule has 0 fully saturated rings. The lowest BCUT2D eigenvalue weighted by molar-refractivity contribution is 0.741. The van der Waals surface area contributed by atoms with E-state index in [1.54, 1.807) is 18.0 Å². The van der Waals surface area contributed by atoms with Crippen LogP contribution in [0.4, 0.5) is 0 Å². The molecule has 1 aromatic carbocycles. The van der Waals surface area contributed by atoms with E-state index in [1.165, 1.54) is 0 Å². The lowest BCUT2D eigenvalue weighted by Crippen LogP contribution is -2.06. The third-order valence-electron chi connectivity index (χ3n) is 2.60. The van der Waals surface area contributed by atoms with Gasteiger partial charge in [-0.3, -0.25) is 10.4 Å². The third kappa shape index (κ3) is 2.21. The quantitative estimate of drug-likeness (QED) is 0.912. The number of benzene rings is 1. The van der Waals surface area contributed by atoms with Gasteiger partial charge in [0, 0.05) is 23.5 Å². The number of hydrogen-bond donors (Lipinski definition) is 1. The van der Waals surface area contributed by atoms with Crippen LogP contribution in [0.15, 0.2) is 53.9 Å². The number of pyridine rings is 1. The first-order chi connectivity index (χ1) is 8.84. The van der Waals surface area contributed by atoms with Crippen LogP contribution in [0.25, 0.3) is 0 Å². The van der Waals surface area contributed by atoms with E-state index in [2.05, 4.69) is 15.5 Å². The molecule has 0 spiro atoms. The van der Waals surface area contributed by atoms with Crippen molar-refractivity contribution >= 4 is 28.4 Å². The number of nitrogens with one attached hydrogen (secondary N) is 1. The van der Waals surface area contributed by atoms with Gasteiger partial charge in [0.05, 0.1) is 5.02 Å². The molecule has 1 N–H and O–H groups in total. The molecule has 0 saturated heterocycles. The predicted molar refractivity (Wildman–Crippen MR) is 75.7 cm³/mol. The fourth-order valence-electron chi connectivity index (χ4n) is 1.71. The molecule has 1 aromatic heterocycles. The van der Waals surface area contributed by atoms with E-state index >= 15 is 0 Å². The maximum absolute atomic E-state index is 6.16. The average Bonchev–Trinajstić information content (AvgIpc) is 2.90. The zero-order valence-corrected chi connectivity index (χ0v) is 10.9. The summed E-state index contributed by atoms with van der Waals surface area (Å²) in [5, 5.41) is 6.08. The fourth-order valence-corrected chi connectivity index (χ4v) is 3.01. The molecule has 0 bridgehead atoms. The minimum atomic E-state index is 0.102. The molecule has 0 radical (unpaired) electrons. The highest BCUT2D eigenvalue weighted by Crippen LogP contribution is 2.35. The van der Waals surface area contributed by atoms with Crippen molar-refractivity contribution in [2.45, 2.75) is 5.37 Å². The van der Waals surface area contributed by atoms with Crippen molar-refractivity contribution in [2.75, 3.05) is 0 Å². The summed E-state index contributed by atoms with van der Waals surface area (Å²) in [6, 6.07) is 11.7. The van der Waals surface area contributed by atoms with Crippen molar-refractivity contribution in [3.63, 3.8) is 0 Å². The SMILES string of the molecule is Clc1ccccc1C1=NNC(c2cccnc2)S1. The number of thioether (sulfide) groups is 1. The molecule has 1 aliphatic rings. The van der Waals surface area contributed by atoms with Crippen molar-refractivity contribution in [3.05, 3.63) is 64.9 Å². The molecular weight excluding hydrogens is 266 g/mol. The Morgan fingerprint density at radius 1 is 1.17 bits per heavy atom. The first-order valence-electron chi connectivity index (χ1n) is 5.49. The molecule has 18 heavy (non-hydrogen) atoms. The second-order valence-electron chi connectivity index (χ2n) is 3.81. The summed E-state index contributed by atoms with van der Waals surface area (Å²) in [4.78, 5) is 4.11. The van der Waals surface area contributed by atoms with Crippen LogP contribution < -0.4 is 5.43 Å². The molecule has 1 atom stereocenters. The molecule has 1 unspecified atom stereocenters. The molecular formula is C13H10ClN3S. The highest BCUT2D eigenvalue weighted by Gasteiger charge is 2.23. The molecule has 2 heterocycles. The topological polar surface area (TPSA) is 37.3 Å². The molecule has 2 aromatic rings. The summed E-state index contributed by atoms with van der Waals surface area (Å²) in [6.07, 6.45) is 3.61. The van der Waals surface area contributed by atoms with E-state index in [4.69, 9.17) is 11.6 Å². The van der Waals surface area contributed by atoms with Crippen molar-refractivity contribution in [1.82, 2.24) is 10.4 Å². The van der Waals surface area contributed by atoms with Gasteiger partial charge in [-0.25, -0.2) is 0 Å². The van der Waals surface area contributed by atoms with Gasteiger partial charge in [-0.1, -0.05) is 47.6 Å². The first kappa shape index (κ1) is 11.6. The lowest BCUT2D eigenvalue weighted by atomic mass is 10.2. The van der Waals surface area contributed by atoms with E-state index in [1.807, 2.05) is 42.6 Å². The molecule has 5 heteroatoms. The zero-order chi connectivity index (χ0) is 12.4. The first-order valence-corrected chi connectivity index (χ1v) is 6.75. The number of hydrogen-bond acceptors (Lipinski definition) is 4. The van der Waals surface area contributed by atoms with Crippen molar-refractivity contribution in [1.29, 1.82) is 0 Å². The summed E-state index contributed by atoms with van der Waals surface area (Å²) in [5.74, 6) is 0. The Morgan fingerprint density at radius 2 is 2.06 bits per heavy atom. The van der Waals surface area contributed by atoms with Crippen molar-refractivity contribution in [2.24, 2.45) is 5.10 Å². The summed E-state index contributed by atoms with van der Waals surface area (Å²) in [7, 11) is 0. The number of aromatic nitrogens is 1. The summed E-state index contributed by atoms with van der Waals surface area (Å²) in [5.41, 5.74) is 5.17. The molecule has 3 rings (SSSR count). The van der Waals surface area contributed by atoms with Crippen LogP contribution in [0.1, 0.15) is 16.5 Å². The number of rotatable bonds is 2. The zero-order valence-electron chi connectivity index (χ0n) is 9.38. The molecule has 3 nitrogen and oxygen atoms in total. The third-order valence-corrected chi connectivity index (χ3v) is 4.08. The minimum absolute atomic E-state index is 0.102. The number of hydrazone groups is 1. The summed E-state index contributed by atoms with van der Waals surface area (Å²) < 4.78 is 0. The Labute approximate surface area is 114 Å². The van der Waals surface area contributed by atoms with Gasteiger partial charge in [0.2, 0.25) is 0 Å². The summed E-state index contributed by atoms with van der Waals surface area (Å²) in [6.45, 7) is 0. The van der Waals surface area contributed by atoms with Gasteiger partial charge in [0.25, 0.3) is 0 Å². The van der Waals surface area contributed by atoms with Crippen LogP contribution in [-0.2, 0) is 0 Å². The number of halogens is 1. The molecule has 0 amide bonds. The summed E-state index contributed by atoms with van der Waals surface area (Å²) >= 11 is 7.81. The van der Waals surface area contributed by atoms with Gasteiger partial charge >= 0.3 is 0 Å². The van der Waals surface area contributed by atoms with Crippen molar-refractivity contribution in [3.8, 4) is 0 Å². The van der Waals surface area contributed by atoms with E-state index in [0.29, 0.717) is 0 Å². The van der Waals surface area contributed by atoms with Crippen LogP contribution in [0, 0.1) is 0 Å². The van der Waals surface area contributed by atoms with Gasteiger partial charge < -0.3 is 0 Å². The van der Waals surface area contributed by atoms with E-state index < -0.39 is 0 Å². The second kappa shape index (κ2) is 5.00.